The van der Waals surface area contributed by atoms with Gasteiger partial charge >= 0.3 is 0 Å². The van der Waals surface area contributed by atoms with Crippen LogP contribution < -0.4 is 5.32 Å². The van der Waals surface area contributed by atoms with Crippen LogP contribution in [0.2, 0.25) is 0 Å². The highest BCUT2D eigenvalue weighted by Gasteiger charge is 2.05. The minimum Gasteiger partial charge on any atom is -0.326 e. The third-order valence-electron chi connectivity index (χ3n) is 2.47. The maximum absolute atomic E-state index is 11.0. The molecule has 2 aromatic rings. The summed E-state index contributed by atoms with van der Waals surface area (Å²) in [5, 5.41) is 11.8. The maximum Gasteiger partial charge on any atom is 0.221 e. The van der Waals surface area contributed by atoms with Gasteiger partial charge in [-0.1, -0.05) is 27.7 Å². The van der Waals surface area contributed by atoms with E-state index in [4.69, 9.17) is 5.26 Å². The summed E-state index contributed by atoms with van der Waals surface area (Å²) in [6, 6.07) is 15.3. The van der Waals surface area contributed by atoms with Crippen LogP contribution in [0.3, 0.4) is 0 Å². The van der Waals surface area contributed by atoms with Gasteiger partial charge in [-0.25, -0.2) is 0 Å². The summed E-state index contributed by atoms with van der Waals surface area (Å²) >= 11 is 4.92. The summed E-state index contributed by atoms with van der Waals surface area (Å²) in [5.74, 6) is -0.0934. The van der Waals surface area contributed by atoms with Crippen molar-refractivity contribution in [2.24, 2.45) is 0 Å². The number of halogens is 1. The number of nitriles is 1. The van der Waals surface area contributed by atoms with Gasteiger partial charge in [-0.05, 0) is 42.5 Å². The first kappa shape index (κ1) is 14.6. The molecular weight excluding hydrogens is 336 g/mol. The van der Waals surface area contributed by atoms with Crippen molar-refractivity contribution in [1.82, 2.24) is 0 Å². The molecule has 0 aliphatic heterocycles. The van der Waals surface area contributed by atoms with Crippen molar-refractivity contribution in [2.75, 3.05) is 5.32 Å². The molecule has 5 heteroatoms. The molecule has 0 saturated carbocycles. The quantitative estimate of drug-likeness (QED) is 0.894. The molecule has 20 heavy (non-hydrogen) atoms. The lowest BCUT2D eigenvalue weighted by Crippen LogP contribution is -2.05. The lowest BCUT2D eigenvalue weighted by Gasteiger charge is -2.06. The number of amides is 1. The molecule has 100 valence electrons. The molecule has 0 aromatic heterocycles. The van der Waals surface area contributed by atoms with E-state index in [1.165, 1.54) is 18.7 Å². The van der Waals surface area contributed by atoms with Crippen LogP contribution in [0, 0.1) is 11.3 Å². The zero-order valence-electron chi connectivity index (χ0n) is 10.7. The summed E-state index contributed by atoms with van der Waals surface area (Å²) in [7, 11) is 0. The van der Waals surface area contributed by atoms with Crippen LogP contribution in [0.5, 0.6) is 0 Å². The van der Waals surface area contributed by atoms with E-state index < -0.39 is 0 Å². The zero-order chi connectivity index (χ0) is 14.5. The van der Waals surface area contributed by atoms with Crippen molar-refractivity contribution >= 4 is 39.3 Å². The molecule has 2 aromatic carbocycles. The molecule has 1 N–H and O–H groups in total. The van der Waals surface area contributed by atoms with Crippen LogP contribution in [0.4, 0.5) is 5.69 Å². The number of nitrogens with one attached hydrogen (secondary N) is 1. The maximum atomic E-state index is 11.0. The van der Waals surface area contributed by atoms with Crippen LogP contribution >= 0.6 is 27.7 Å². The second-order valence-electron chi connectivity index (χ2n) is 4.06. The fourth-order valence-electron chi connectivity index (χ4n) is 1.61. The monoisotopic (exact) mass is 346 g/mol. The molecule has 1 amide bonds. The van der Waals surface area contributed by atoms with Crippen LogP contribution in [0.25, 0.3) is 0 Å². The Balaban J connectivity index is 2.20. The molecule has 0 heterocycles. The fourth-order valence-corrected chi connectivity index (χ4v) is 3.06. The van der Waals surface area contributed by atoms with E-state index >= 15 is 0 Å². The average molecular weight is 347 g/mol. The van der Waals surface area contributed by atoms with Crippen LogP contribution in [-0.4, -0.2) is 5.91 Å². The lowest BCUT2D eigenvalue weighted by atomic mass is 10.2. The Kier molecular flexibility index (Phi) is 4.83. The minimum absolute atomic E-state index is 0.0934. The Morgan fingerprint density at radius 1 is 1.25 bits per heavy atom. The van der Waals surface area contributed by atoms with Crippen molar-refractivity contribution in [3.05, 3.63) is 52.5 Å². The number of nitrogens with zero attached hydrogens (tertiary/aromatic N) is 1. The molecule has 0 unspecified atom stereocenters. The van der Waals surface area contributed by atoms with E-state index in [9.17, 15) is 4.79 Å². The predicted molar refractivity (Wildman–Crippen MR) is 83.7 cm³/mol. The molecule has 0 spiro atoms. The number of benzene rings is 2. The zero-order valence-corrected chi connectivity index (χ0v) is 13.1. The molecule has 0 aliphatic carbocycles. The van der Waals surface area contributed by atoms with Crippen LogP contribution in [0.1, 0.15) is 12.5 Å². The molecular formula is C15H11BrN2OS. The number of hydrogen-bond acceptors (Lipinski definition) is 3. The van der Waals surface area contributed by atoms with Crippen molar-refractivity contribution in [3.8, 4) is 6.07 Å². The van der Waals surface area contributed by atoms with Gasteiger partial charge < -0.3 is 5.32 Å². The van der Waals surface area contributed by atoms with Gasteiger partial charge in [0.15, 0.2) is 0 Å². The van der Waals surface area contributed by atoms with Gasteiger partial charge in [0.1, 0.15) is 6.07 Å². The SMILES string of the molecule is CC(=O)Nc1ccc(Sc2cc(Br)ccc2C#N)cc1. The fraction of sp³-hybridized carbons (Fsp3) is 0.0667. The Hall–Kier alpha value is -1.77. The predicted octanol–water partition coefficient (Wildman–Crippen LogP) is 4.43. The van der Waals surface area contributed by atoms with Gasteiger partial charge in [0.2, 0.25) is 5.91 Å². The highest BCUT2D eigenvalue weighted by atomic mass is 79.9. The Morgan fingerprint density at radius 3 is 2.55 bits per heavy atom. The number of anilines is 1. The number of carbonyl (C=O) groups excluding carboxylic acids is 1. The third-order valence-corrected chi connectivity index (χ3v) is 4.03. The second kappa shape index (κ2) is 6.60. The van der Waals surface area contributed by atoms with E-state index in [0.29, 0.717) is 5.56 Å². The van der Waals surface area contributed by atoms with Gasteiger partial charge in [-0.15, -0.1) is 0 Å². The first-order valence-corrected chi connectivity index (χ1v) is 7.44. The molecule has 2 rings (SSSR count). The third kappa shape index (κ3) is 3.86. The van der Waals surface area contributed by atoms with E-state index in [0.717, 1.165) is 20.0 Å². The van der Waals surface area contributed by atoms with Crippen molar-refractivity contribution in [2.45, 2.75) is 16.7 Å². The number of carbonyl (C=O) groups is 1. The summed E-state index contributed by atoms with van der Waals surface area (Å²) in [6.07, 6.45) is 0. The second-order valence-corrected chi connectivity index (χ2v) is 6.09. The first-order valence-electron chi connectivity index (χ1n) is 5.83. The number of rotatable bonds is 3. The van der Waals surface area contributed by atoms with E-state index in [-0.39, 0.29) is 5.91 Å². The van der Waals surface area contributed by atoms with Gasteiger partial charge in [0, 0.05) is 26.9 Å². The van der Waals surface area contributed by atoms with Crippen molar-refractivity contribution in [1.29, 1.82) is 5.26 Å². The summed E-state index contributed by atoms with van der Waals surface area (Å²) in [6.45, 7) is 1.48. The molecule has 0 fully saturated rings. The average Bonchev–Trinajstić information content (AvgIpc) is 2.41. The van der Waals surface area contributed by atoms with Crippen molar-refractivity contribution in [3.63, 3.8) is 0 Å². The topological polar surface area (TPSA) is 52.9 Å². The summed E-state index contributed by atoms with van der Waals surface area (Å²) in [4.78, 5) is 12.9. The van der Waals surface area contributed by atoms with E-state index in [2.05, 4.69) is 27.3 Å². The van der Waals surface area contributed by atoms with Crippen molar-refractivity contribution < 1.29 is 4.79 Å². The Morgan fingerprint density at radius 2 is 1.95 bits per heavy atom. The molecule has 0 saturated heterocycles. The molecule has 3 nitrogen and oxygen atoms in total. The largest absolute Gasteiger partial charge is 0.326 e. The molecule has 0 radical (unpaired) electrons. The smallest absolute Gasteiger partial charge is 0.221 e. The first-order chi connectivity index (χ1) is 9.58. The van der Waals surface area contributed by atoms with Gasteiger partial charge in [-0.2, -0.15) is 5.26 Å². The van der Waals surface area contributed by atoms with Crippen LogP contribution in [-0.2, 0) is 4.79 Å². The molecule has 0 aliphatic rings. The normalized spacial score (nSPS) is 9.85. The summed E-state index contributed by atoms with van der Waals surface area (Å²) < 4.78 is 0.939. The Labute approximate surface area is 130 Å². The van der Waals surface area contributed by atoms with Gasteiger partial charge in [0.25, 0.3) is 0 Å². The lowest BCUT2D eigenvalue weighted by molar-refractivity contribution is -0.114. The standard InChI is InChI=1S/C15H11BrN2OS/c1-10(19)18-13-4-6-14(7-5-13)20-15-8-12(16)3-2-11(15)9-17/h2-8H,1H3,(H,18,19). The Bertz CT molecular complexity index is 677. The highest BCUT2D eigenvalue weighted by molar-refractivity contribution is 9.10. The van der Waals surface area contributed by atoms with Gasteiger partial charge in [0.05, 0.1) is 5.56 Å². The van der Waals surface area contributed by atoms with E-state index in [1.807, 2.05) is 36.4 Å². The molecule has 0 bridgehead atoms. The summed E-state index contributed by atoms with van der Waals surface area (Å²) in [5.41, 5.74) is 1.40. The van der Waals surface area contributed by atoms with Gasteiger partial charge in [-0.3, -0.25) is 4.79 Å². The highest BCUT2D eigenvalue weighted by Crippen LogP contribution is 2.32. The minimum atomic E-state index is -0.0934. The molecule has 0 atom stereocenters. The van der Waals surface area contributed by atoms with E-state index in [1.54, 1.807) is 6.07 Å². The number of hydrogen-bond donors (Lipinski definition) is 1. The van der Waals surface area contributed by atoms with Crippen LogP contribution in [0.15, 0.2) is 56.7 Å².